The monoisotopic (exact) mass is 413 g/mol. The van der Waals surface area contributed by atoms with E-state index in [4.69, 9.17) is 4.74 Å². The van der Waals surface area contributed by atoms with E-state index in [1.54, 1.807) is 0 Å². The van der Waals surface area contributed by atoms with Crippen LogP contribution in [0.5, 0.6) is 5.75 Å². The first-order chi connectivity index (χ1) is 13.2. The molecule has 0 fully saturated rings. The van der Waals surface area contributed by atoms with Gasteiger partial charge < -0.3 is 4.74 Å². The van der Waals surface area contributed by atoms with Gasteiger partial charge in [-0.25, -0.2) is 21.9 Å². The molecule has 3 N–H and O–H groups in total. The molecule has 0 unspecified atom stereocenters. The van der Waals surface area contributed by atoms with Crippen molar-refractivity contribution in [3.8, 4) is 5.75 Å². The van der Waals surface area contributed by atoms with E-state index < -0.39 is 46.1 Å². The minimum absolute atomic E-state index is 0.136. The highest BCUT2D eigenvalue weighted by Gasteiger charge is 2.18. The van der Waals surface area contributed by atoms with Gasteiger partial charge in [-0.1, -0.05) is 12.1 Å². The van der Waals surface area contributed by atoms with Crippen molar-refractivity contribution in [3.63, 3.8) is 0 Å². The summed E-state index contributed by atoms with van der Waals surface area (Å²) in [5.74, 6) is -3.04. The Hall–Kier alpha value is -3.05. The van der Waals surface area contributed by atoms with E-state index in [2.05, 4.69) is 0 Å². The van der Waals surface area contributed by atoms with E-state index in [0.717, 1.165) is 30.3 Å². The lowest BCUT2D eigenvalue weighted by atomic mass is 10.3. The average molecular weight is 413 g/mol. The molecule has 0 bridgehead atoms. The number of halogens is 2. The van der Waals surface area contributed by atoms with Gasteiger partial charge in [0.2, 0.25) is 10.0 Å². The third-order valence-electron chi connectivity index (χ3n) is 3.38. The van der Waals surface area contributed by atoms with Gasteiger partial charge in [0.25, 0.3) is 11.8 Å². The van der Waals surface area contributed by atoms with Crippen molar-refractivity contribution in [1.82, 2.24) is 15.6 Å². The molecule has 0 aliphatic carbocycles. The first-order valence-electron chi connectivity index (χ1n) is 7.94. The van der Waals surface area contributed by atoms with Crippen molar-refractivity contribution >= 4 is 21.8 Å². The largest absolute Gasteiger partial charge is 0.478 e. The molecule has 2 amide bonds. The quantitative estimate of drug-likeness (QED) is 0.583. The molecule has 2 aromatic rings. The molecule has 1 atom stereocenters. The van der Waals surface area contributed by atoms with Crippen molar-refractivity contribution in [3.05, 3.63) is 60.2 Å². The SMILES string of the molecule is C[C@@H](Oc1ccccc1F)C(=O)NNC(=O)CNS(=O)(=O)c1ccc(F)cc1. The van der Waals surface area contributed by atoms with E-state index in [1.807, 2.05) is 15.6 Å². The molecule has 2 aromatic carbocycles. The summed E-state index contributed by atoms with van der Waals surface area (Å²) in [4.78, 5) is 23.3. The lowest BCUT2D eigenvalue weighted by Crippen LogP contribution is -2.50. The Labute approximate surface area is 159 Å². The zero-order valence-corrected chi connectivity index (χ0v) is 15.4. The van der Waals surface area contributed by atoms with Gasteiger partial charge >= 0.3 is 0 Å². The highest BCUT2D eigenvalue weighted by molar-refractivity contribution is 7.89. The third-order valence-corrected chi connectivity index (χ3v) is 4.80. The maximum atomic E-state index is 13.5. The van der Waals surface area contributed by atoms with Gasteiger partial charge in [0.1, 0.15) is 5.82 Å². The first kappa shape index (κ1) is 21.3. The van der Waals surface area contributed by atoms with Crippen molar-refractivity contribution in [2.45, 2.75) is 17.9 Å². The van der Waals surface area contributed by atoms with Gasteiger partial charge in [-0.15, -0.1) is 0 Å². The minimum atomic E-state index is -4.03. The van der Waals surface area contributed by atoms with Crippen LogP contribution in [0.2, 0.25) is 0 Å². The molecule has 0 saturated carbocycles. The number of amides is 2. The van der Waals surface area contributed by atoms with Crippen LogP contribution in [0.1, 0.15) is 6.92 Å². The van der Waals surface area contributed by atoms with Crippen molar-refractivity contribution in [2.75, 3.05) is 6.54 Å². The molecule has 0 saturated heterocycles. The Morgan fingerprint density at radius 1 is 1.04 bits per heavy atom. The number of hydrogen-bond acceptors (Lipinski definition) is 5. The molecular weight excluding hydrogens is 396 g/mol. The van der Waals surface area contributed by atoms with E-state index in [9.17, 15) is 26.8 Å². The summed E-state index contributed by atoms with van der Waals surface area (Å²) in [5, 5.41) is 0. The number of hydrogen-bond donors (Lipinski definition) is 3. The average Bonchev–Trinajstić information content (AvgIpc) is 2.66. The Bertz CT molecular complexity index is 952. The molecular formula is C17H17F2N3O5S. The molecule has 28 heavy (non-hydrogen) atoms. The van der Waals surface area contributed by atoms with Crippen molar-refractivity contribution in [1.29, 1.82) is 0 Å². The van der Waals surface area contributed by atoms with E-state index in [-0.39, 0.29) is 10.6 Å². The van der Waals surface area contributed by atoms with Crippen LogP contribution in [0.25, 0.3) is 0 Å². The fourth-order valence-corrected chi connectivity index (χ4v) is 2.90. The summed E-state index contributed by atoms with van der Waals surface area (Å²) in [6, 6.07) is 9.49. The molecule has 2 rings (SSSR count). The standard InChI is InChI=1S/C17H17F2N3O5S/c1-11(27-15-5-3-2-4-14(15)19)17(24)22-21-16(23)10-20-28(25,26)13-8-6-12(18)7-9-13/h2-9,11,20H,10H2,1H3,(H,21,23)(H,22,24)/t11-/m1/s1. The molecule has 0 radical (unpaired) electrons. The number of nitrogens with one attached hydrogen (secondary N) is 3. The number of rotatable bonds is 7. The predicted molar refractivity (Wildman–Crippen MR) is 94.4 cm³/mol. The van der Waals surface area contributed by atoms with Crippen LogP contribution in [0.3, 0.4) is 0 Å². The fourth-order valence-electron chi connectivity index (χ4n) is 1.92. The van der Waals surface area contributed by atoms with Gasteiger partial charge in [0.05, 0.1) is 11.4 Å². The van der Waals surface area contributed by atoms with Crippen LogP contribution in [0, 0.1) is 11.6 Å². The van der Waals surface area contributed by atoms with E-state index in [1.165, 1.54) is 25.1 Å². The van der Waals surface area contributed by atoms with E-state index >= 15 is 0 Å². The summed E-state index contributed by atoms with van der Waals surface area (Å²) < 4.78 is 57.4. The van der Waals surface area contributed by atoms with Gasteiger partial charge in [-0.05, 0) is 43.3 Å². The topological polar surface area (TPSA) is 114 Å². The van der Waals surface area contributed by atoms with Gasteiger partial charge in [-0.2, -0.15) is 0 Å². The summed E-state index contributed by atoms with van der Waals surface area (Å²) in [6.45, 7) is 0.660. The summed E-state index contributed by atoms with van der Waals surface area (Å²) in [5.41, 5.74) is 4.03. The lowest BCUT2D eigenvalue weighted by Gasteiger charge is -2.15. The number of sulfonamides is 1. The van der Waals surface area contributed by atoms with Crippen molar-refractivity contribution in [2.24, 2.45) is 0 Å². The number of benzene rings is 2. The summed E-state index contributed by atoms with van der Waals surface area (Å²) >= 11 is 0. The van der Waals surface area contributed by atoms with Gasteiger partial charge in [0.15, 0.2) is 17.7 Å². The zero-order chi connectivity index (χ0) is 20.7. The maximum Gasteiger partial charge on any atom is 0.279 e. The summed E-state index contributed by atoms with van der Waals surface area (Å²) in [6.07, 6.45) is -1.13. The second-order valence-electron chi connectivity index (χ2n) is 5.51. The Morgan fingerprint density at radius 2 is 1.68 bits per heavy atom. The number of para-hydroxylation sites is 1. The van der Waals surface area contributed by atoms with Crippen molar-refractivity contribution < 1.29 is 31.5 Å². The van der Waals surface area contributed by atoms with Gasteiger partial charge in [-0.3, -0.25) is 20.4 Å². The van der Waals surface area contributed by atoms with Crippen LogP contribution in [0.4, 0.5) is 8.78 Å². The fraction of sp³-hybridized carbons (Fsp3) is 0.176. The van der Waals surface area contributed by atoms with Gasteiger partial charge in [0, 0.05) is 0 Å². The molecule has 0 aromatic heterocycles. The number of carbonyl (C=O) groups is 2. The summed E-state index contributed by atoms with van der Waals surface area (Å²) in [7, 11) is -4.03. The number of carbonyl (C=O) groups excluding carboxylic acids is 2. The van der Waals surface area contributed by atoms with E-state index in [0.29, 0.717) is 0 Å². The third kappa shape index (κ3) is 5.99. The van der Waals surface area contributed by atoms with Crippen LogP contribution in [-0.4, -0.2) is 32.9 Å². The smallest absolute Gasteiger partial charge is 0.279 e. The molecule has 0 aliphatic heterocycles. The molecule has 11 heteroatoms. The molecule has 150 valence electrons. The Morgan fingerprint density at radius 3 is 2.32 bits per heavy atom. The van der Waals surface area contributed by atoms with Crippen LogP contribution in [0.15, 0.2) is 53.4 Å². The molecule has 0 heterocycles. The molecule has 0 aliphatic rings. The van der Waals surface area contributed by atoms with Crippen LogP contribution in [-0.2, 0) is 19.6 Å². The zero-order valence-electron chi connectivity index (χ0n) is 14.6. The molecule has 8 nitrogen and oxygen atoms in total. The predicted octanol–water partition coefficient (Wildman–Crippen LogP) is 0.858. The Balaban J connectivity index is 1.80. The number of ether oxygens (including phenoxy) is 1. The second kappa shape index (κ2) is 9.24. The normalized spacial score (nSPS) is 12.1. The highest BCUT2D eigenvalue weighted by Crippen LogP contribution is 2.16. The minimum Gasteiger partial charge on any atom is -0.478 e. The second-order valence-corrected chi connectivity index (χ2v) is 7.27. The Kier molecular flexibility index (Phi) is 7.01. The van der Waals surface area contributed by atoms with Crippen LogP contribution >= 0.6 is 0 Å². The maximum absolute atomic E-state index is 13.5. The highest BCUT2D eigenvalue weighted by atomic mass is 32.2. The number of hydrazine groups is 1. The lowest BCUT2D eigenvalue weighted by molar-refractivity contribution is -0.132. The van der Waals surface area contributed by atoms with Crippen LogP contribution < -0.4 is 20.3 Å². The first-order valence-corrected chi connectivity index (χ1v) is 9.42. The molecule has 0 spiro atoms.